The Bertz CT molecular complexity index is 773. The highest BCUT2D eigenvalue weighted by molar-refractivity contribution is 8.04. The third-order valence-electron chi connectivity index (χ3n) is 4.20. The number of benzene rings is 2. The zero-order chi connectivity index (χ0) is 19.1. The molecule has 0 aromatic heterocycles. The summed E-state index contributed by atoms with van der Waals surface area (Å²) >= 11 is 1.42. The van der Waals surface area contributed by atoms with E-state index in [1.165, 1.54) is 11.8 Å². The Labute approximate surface area is 164 Å². The number of ketones is 1. The van der Waals surface area contributed by atoms with Crippen LogP contribution in [0.5, 0.6) is 0 Å². The van der Waals surface area contributed by atoms with Crippen molar-refractivity contribution in [1.29, 1.82) is 0 Å². The lowest BCUT2D eigenvalue weighted by Gasteiger charge is -2.31. The van der Waals surface area contributed by atoms with Gasteiger partial charge in [-0.15, -0.1) is 0 Å². The van der Waals surface area contributed by atoms with Gasteiger partial charge in [-0.3, -0.25) is 4.79 Å². The van der Waals surface area contributed by atoms with Crippen molar-refractivity contribution in [3.63, 3.8) is 0 Å². The van der Waals surface area contributed by atoms with Crippen molar-refractivity contribution in [2.24, 2.45) is 5.92 Å². The van der Waals surface area contributed by atoms with Gasteiger partial charge in [0.2, 0.25) is 6.29 Å². The SMILES string of the molecule is CCOC1OC(COCc2ccccc2)=C(Sc2ccccc2)C(=O)C1C. The van der Waals surface area contributed by atoms with Crippen molar-refractivity contribution in [3.8, 4) is 0 Å². The molecule has 2 unspecified atom stereocenters. The first-order chi connectivity index (χ1) is 13.2. The summed E-state index contributed by atoms with van der Waals surface area (Å²) < 4.78 is 17.5. The van der Waals surface area contributed by atoms with Crippen molar-refractivity contribution < 1.29 is 19.0 Å². The van der Waals surface area contributed by atoms with Gasteiger partial charge in [0, 0.05) is 11.5 Å². The third-order valence-corrected chi connectivity index (χ3v) is 5.34. The van der Waals surface area contributed by atoms with Crippen LogP contribution in [0.15, 0.2) is 76.2 Å². The Morgan fingerprint density at radius 2 is 1.67 bits per heavy atom. The average Bonchev–Trinajstić information content (AvgIpc) is 2.70. The number of thioether (sulfide) groups is 1. The first kappa shape index (κ1) is 19.7. The molecule has 1 aliphatic heterocycles. The minimum absolute atomic E-state index is 0.0341. The van der Waals surface area contributed by atoms with Gasteiger partial charge in [0.25, 0.3) is 0 Å². The van der Waals surface area contributed by atoms with Gasteiger partial charge in [0.05, 0.1) is 17.4 Å². The Morgan fingerprint density at radius 1 is 1.00 bits per heavy atom. The van der Waals surface area contributed by atoms with E-state index in [9.17, 15) is 4.79 Å². The van der Waals surface area contributed by atoms with E-state index in [2.05, 4.69) is 0 Å². The molecule has 2 atom stereocenters. The van der Waals surface area contributed by atoms with Crippen molar-refractivity contribution >= 4 is 17.5 Å². The molecule has 4 nitrogen and oxygen atoms in total. The fourth-order valence-corrected chi connectivity index (χ4v) is 3.79. The lowest BCUT2D eigenvalue weighted by molar-refractivity contribution is -0.166. The maximum atomic E-state index is 13.0. The average molecular weight is 384 g/mol. The summed E-state index contributed by atoms with van der Waals surface area (Å²) in [5, 5.41) is 0. The van der Waals surface area contributed by atoms with Crippen LogP contribution >= 0.6 is 11.8 Å². The molecular weight excluding hydrogens is 360 g/mol. The highest BCUT2D eigenvalue weighted by Crippen LogP contribution is 2.37. The van der Waals surface area contributed by atoms with E-state index in [-0.39, 0.29) is 18.3 Å². The summed E-state index contributed by atoms with van der Waals surface area (Å²) in [6.45, 7) is 4.91. The fourth-order valence-electron chi connectivity index (χ4n) is 2.76. The largest absolute Gasteiger partial charge is 0.465 e. The number of Topliss-reactive ketones (excluding diaryl/α,β-unsaturated/α-hetero) is 1. The Morgan fingerprint density at radius 3 is 2.33 bits per heavy atom. The molecule has 0 N–H and O–H groups in total. The molecule has 0 saturated heterocycles. The van der Waals surface area contributed by atoms with Gasteiger partial charge in [-0.25, -0.2) is 0 Å². The Balaban J connectivity index is 1.78. The van der Waals surface area contributed by atoms with E-state index in [4.69, 9.17) is 14.2 Å². The number of carbonyl (C=O) groups is 1. The van der Waals surface area contributed by atoms with E-state index in [0.29, 0.717) is 23.9 Å². The summed E-state index contributed by atoms with van der Waals surface area (Å²) in [6, 6.07) is 19.7. The first-order valence-corrected chi connectivity index (χ1v) is 9.91. The first-order valence-electron chi connectivity index (χ1n) is 9.09. The zero-order valence-electron chi connectivity index (χ0n) is 15.6. The standard InChI is InChI=1S/C22H24O4S/c1-3-25-22-16(2)20(23)21(27-18-12-8-5-9-13-18)19(26-22)15-24-14-17-10-6-4-7-11-17/h4-13,16,22H,3,14-15H2,1-2H3. The van der Waals surface area contributed by atoms with Gasteiger partial charge >= 0.3 is 0 Å². The van der Waals surface area contributed by atoms with Crippen LogP contribution < -0.4 is 0 Å². The number of carbonyl (C=O) groups excluding carboxylic acids is 1. The summed E-state index contributed by atoms with van der Waals surface area (Å²) in [4.78, 5) is 14.6. The van der Waals surface area contributed by atoms with E-state index in [1.54, 1.807) is 0 Å². The second-order valence-electron chi connectivity index (χ2n) is 6.24. The van der Waals surface area contributed by atoms with Gasteiger partial charge < -0.3 is 14.2 Å². The van der Waals surface area contributed by atoms with Crippen molar-refractivity contribution in [1.82, 2.24) is 0 Å². The predicted molar refractivity (Wildman–Crippen MR) is 106 cm³/mol. The van der Waals surface area contributed by atoms with Crippen LogP contribution in [0.3, 0.4) is 0 Å². The van der Waals surface area contributed by atoms with Crippen LogP contribution in [-0.2, 0) is 25.6 Å². The van der Waals surface area contributed by atoms with Crippen LogP contribution in [0, 0.1) is 5.92 Å². The van der Waals surface area contributed by atoms with Crippen LogP contribution in [-0.4, -0.2) is 25.3 Å². The van der Waals surface area contributed by atoms with Gasteiger partial charge in [-0.05, 0) is 31.5 Å². The van der Waals surface area contributed by atoms with Gasteiger partial charge in [0.1, 0.15) is 12.4 Å². The molecule has 0 fully saturated rings. The van der Waals surface area contributed by atoms with Crippen LogP contribution in [0.25, 0.3) is 0 Å². The molecule has 0 bridgehead atoms. The fraction of sp³-hybridized carbons (Fsp3) is 0.318. The van der Waals surface area contributed by atoms with Crippen LogP contribution in [0.1, 0.15) is 19.4 Å². The van der Waals surface area contributed by atoms with Crippen molar-refractivity contribution in [2.45, 2.75) is 31.6 Å². The van der Waals surface area contributed by atoms with Crippen LogP contribution in [0.2, 0.25) is 0 Å². The normalized spacial score (nSPS) is 19.9. The maximum Gasteiger partial charge on any atom is 0.209 e. The monoisotopic (exact) mass is 384 g/mol. The molecule has 1 heterocycles. The number of allylic oxidation sites excluding steroid dienone is 1. The summed E-state index contributed by atoms with van der Waals surface area (Å²) in [7, 11) is 0. The molecule has 5 heteroatoms. The number of rotatable bonds is 8. The molecule has 0 saturated carbocycles. The van der Waals surface area contributed by atoms with Crippen LogP contribution in [0.4, 0.5) is 0 Å². The number of hydrogen-bond donors (Lipinski definition) is 0. The van der Waals surface area contributed by atoms with Crippen molar-refractivity contribution in [2.75, 3.05) is 13.2 Å². The topological polar surface area (TPSA) is 44.8 Å². The van der Waals surface area contributed by atoms with Gasteiger partial charge in [0.15, 0.2) is 5.78 Å². The number of ether oxygens (including phenoxy) is 3. The molecule has 0 amide bonds. The summed E-state index contributed by atoms with van der Waals surface area (Å²) in [6.07, 6.45) is -0.571. The molecule has 142 valence electrons. The highest BCUT2D eigenvalue weighted by Gasteiger charge is 2.37. The predicted octanol–water partition coefficient (Wildman–Crippen LogP) is 4.81. The lowest BCUT2D eigenvalue weighted by Crippen LogP contribution is -2.37. The maximum absolute atomic E-state index is 13.0. The molecular formula is C22H24O4S. The Hall–Kier alpha value is -2.08. The van der Waals surface area contributed by atoms with E-state index < -0.39 is 6.29 Å². The molecule has 1 aliphatic rings. The summed E-state index contributed by atoms with van der Waals surface area (Å²) in [5.74, 6) is 0.224. The quantitative estimate of drug-likeness (QED) is 0.654. The minimum Gasteiger partial charge on any atom is -0.465 e. The second kappa shape index (κ2) is 9.74. The minimum atomic E-state index is -0.571. The third kappa shape index (κ3) is 5.22. The molecule has 0 aliphatic carbocycles. The molecule has 0 spiro atoms. The summed E-state index contributed by atoms with van der Waals surface area (Å²) in [5.41, 5.74) is 1.08. The molecule has 2 aromatic rings. The Kier molecular flexibility index (Phi) is 7.10. The molecule has 2 aromatic carbocycles. The zero-order valence-corrected chi connectivity index (χ0v) is 16.4. The van der Waals surface area contributed by atoms with E-state index >= 15 is 0 Å². The molecule has 27 heavy (non-hydrogen) atoms. The molecule has 0 radical (unpaired) electrons. The van der Waals surface area contributed by atoms with E-state index in [1.807, 2.05) is 74.5 Å². The second-order valence-corrected chi connectivity index (χ2v) is 7.32. The van der Waals surface area contributed by atoms with Crippen molar-refractivity contribution in [3.05, 3.63) is 76.9 Å². The van der Waals surface area contributed by atoms with Gasteiger partial charge in [-0.1, -0.05) is 60.3 Å². The smallest absolute Gasteiger partial charge is 0.209 e. The number of hydrogen-bond acceptors (Lipinski definition) is 5. The molecule has 3 rings (SSSR count). The lowest BCUT2D eigenvalue weighted by atomic mass is 10.0. The highest BCUT2D eigenvalue weighted by atomic mass is 32.2. The van der Waals surface area contributed by atoms with E-state index in [0.717, 1.165) is 10.5 Å². The van der Waals surface area contributed by atoms with Gasteiger partial charge in [-0.2, -0.15) is 0 Å².